The molecule has 0 saturated carbocycles. The Morgan fingerprint density at radius 3 is 2.61 bits per heavy atom. The van der Waals surface area contributed by atoms with Crippen molar-refractivity contribution in [3.8, 4) is 5.75 Å². The van der Waals surface area contributed by atoms with Gasteiger partial charge >= 0.3 is 0 Å². The predicted molar refractivity (Wildman–Crippen MR) is 106 cm³/mol. The number of carbonyl (C=O) groups is 3. The molecule has 1 atom stereocenters. The Bertz CT molecular complexity index is 879. The number of hydrogen-bond acceptors (Lipinski definition) is 4. The van der Waals surface area contributed by atoms with E-state index in [2.05, 4.69) is 10.6 Å². The molecule has 2 aromatic carbocycles. The SMILES string of the molecule is COc1ccc(CNC(=O)[C@H]2CC(=O)N(c3cccc(NC(C)=O)c3)C2)cc1. The van der Waals surface area contributed by atoms with Gasteiger partial charge in [-0.05, 0) is 35.9 Å². The van der Waals surface area contributed by atoms with Crippen LogP contribution in [0.3, 0.4) is 0 Å². The normalized spacial score (nSPS) is 16.0. The summed E-state index contributed by atoms with van der Waals surface area (Å²) in [5, 5.41) is 5.59. The first-order chi connectivity index (χ1) is 13.5. The molecular weight excluding hydrogens is 358 g/mol. The molecule has 146 valence electrons. The van der Waals surface area contributed by atoms with Crippen LogP contribution in [0.5, 0.6) is 5.75 Å². The Morgan fingerprint density at radius 1 is 1.18 bits per heavy atom. The predicted octanol–water partition coefficient (Wildman–Crippen LogP) is 2.32. The minimum absolute atomic E-state index is 0.107. The van der Waals surface area contributed by atoms with Gasteiger partial charge < -0.3 is 20.3 Å². The van der Waals surface area contributed by atoms with E-state index in [0.29, 0.717) is 24.5 Å². The van der Waals surface area contributed by atoms with Gasteiger partial charge in [-0.1, -0.05) is 18.2 Å². The molecule has 3 rings (SSSR count). The Labute approximate surface area is 163 Å². The summed E-state index contributed by atoms with van der Waals surface area (Å²) in [6.45, 7) is 2.14. The molecule has 2 N–H and O–H groups in total. The minimum Gasteiger partial charge on any atom is -0.497 e. The van der Waals surface area contributed by atoms with E-state index in [1.165, 1.54) is 6.92 Å². The van der Waals surface area contributed by atoms with Gasteiger partial charge in [-0.3, -0.25) is 14.4 Å². The molecule has 3 amide bonds. The van der Waals surface area contributed by atoms with E-state index in [9.17, 15) is 14.4 Å². The van der Waals surface area contributed by atoms with Crippen molar-refractivity contribution in [2.45, 2.75) is 19.9 Å². The smallest absolute Gasteiger partial charge is 0.227 e. The van der Waals surface area contributed by atoms with Crippen LogP contribution in [0.4, 0.5) is 11.4 Å². The van der Waals surface area contributed by atoms with Crippen molar-refractivity contribution < 1.29 is 19.1 Å². The van der Waals surface area contributed by atoms with Crippen LogP contribution in [0.2, 0.25) is 0 Å². The summed E-state index contributed by atoms with van der Waals surface area (Å²) in [6, 6.07) is 14.5. The summed E-state index contributed by atoms with van der Waals surface area (Å²) in [7, 11) is 1.60. The highest BCUT2D eigenvalue weighted by Crippen LogP contribution is 2.27. The van der Waals surface area contributed by atoms with Crippen LogP contribution in [-0.2, 0) is 20.9 Å². The molecule has 0 bridgehead atoms. The maximum absolute atomic E-state index is 12.5. The number of anilines is 2. The zero-order valence-electron chi connectivity index (χ0n) is 15.9. The first-order valence-corrected chi connectivity index (χ1v) is 9.05. The lowest BCUT2D eigenvalue weighted by Crippen LogP contribution is -2.32. The van der Waals surface area contributed by atoms with Crippen LogP contribution < -0.4 is 20.3 Å². The Balaban J connectivity index is 1.60. The zero-order chi connectivity index (χ0) is 20.1. The number of amides is 3. The molecule has 0 aliphatic carbocycles. The second-order valence-electron chi connectivity index (χ2n) is 6.70. The molecule has 0 spiro atoms. The molecule has 1 aliphatic rings. The highest BCUT2D eigenvalue weighted by molar-refractivity contribution is 6.01. The van der Waals surface area contributed by atoms with Gasteiger partial charge in [0.05, 0.1) is 13.0 Å². The maximum Gasteiger partial charge on any atom is 0.227 e. The van der Waals surface area contributed by atoms with E-state index in [1.54, 1.807) is 36.3 Å². The molecule has 0 aromatic heterocycles. The van der Waals surface area contributed by atoms with E-state index >= 15 is 0 Å². The summed E-state index contributed by atoms with van der Waals surface area (Å²) in [5.74, 6) is -0.0845. The molecule has 2 aromatic rings. The van der Waals surface area contributed by atoms with Crippen LogP contribution in [0.15, 0.2) is 48.5 Å². The molecule has 1 heterocycles. The fraction of sp³-hybridized carbons (Fsp3) is 0.286. The third-order valence-corrected chi connectivity index (χ3v) is 4.60. The topological polar surface area (TPSA) is 87.7 Å². The Hall–Kier alpha value is -3.35. The van der Waals surface area contributed by atoms with Crippen molar-refractivity contribution in [2.24, 2.45) is 5.92 Å². The molecule has 7 nitrogen and oxygen atoms in total. The Kier molecular flexibility index (Phi) is 5.93. The van der Waals surface area contributed by atoms with Crippen LogP contribution in [0.1, 0.15) is 18.9 Å². The van der Waals surface area contributed by atoms with Crippen molar-refractivity contribution in [3.63, 3.8) is 0 Å². The number of carbonyl (C=O) groups excluding carboxylic acids is 3. The van der Waals surface area contributed by atoms with Crippen molar-refractivity contribution in [1.82, 2.24) is 5.32 Å². The second-order valence-corrected chi connectivity index (χ2v) is 6.70. The van der Waals surface area contributed by atoms with Gasteiger partial charge in [-0.15, -0.1) is 0 Å². The molecule has 7 heteroatoms. The minimum atomic E-state index is -0.407. The summed E-state index contributed by atoms with van der Waals surface area (Å²) in [4.78, 5) is 37.7. The summed E-state index contributed by atoms with van der Waals surface area (Å²) in [6.07, 6.45) is 0.165. The van der Waals surface area contributed by atoms with Crippen LogP contribution in [-0.4, -0.2) is 31.4 Å². The highest BCUT2D eigenvalue weighted by atomic mass is 16.5. The van der Waals surface area contributed by atoms with Crippen LogP contribution >= 0.6 is 0 Å². The average Bonchev–Trinajstić information content (AvgIpc) is 3.08. The first kappa shape index (κ1) is 19.4. The summed E-state index contributed by atoms with van der Waals surface area (Å²) >= 11 is 0. The van der Waals surface area contributed by atoms with Gasteiger partial charge in [-0.2, -0.15) is 0 Å². The van der Waals surface area contributed by atoms with Crippen molar-refractivity contribution in [3.05, 3.63) is 54.1 Å². The summed E-state index contributed by atoms with van der Waals surface area (Å²) < 4.78 is 5.12. The van der Waals surface area contributed by atoms with Gasteiger partial charge in [0.1, 0.15) is 5.75 Å². The number of methoxy groups -OCH3 is 1. The van der Waals surface area contributed by atoms with E-state index in [1.807, 2.05) is 24.3 Å². The quantitative estimate of drug-likeness (QED) is 0.804. The monoisotopic (exact) mass is 381 g/mol. The number of nitrogens with zero attached hydrogens (tertiary/aromatic N) is 1. The van der Waals surface area contributed by atoms with Crippen molar-refractivity contribution >= 4 is 29.1 Å². The maximum atomic E-state index is 12.5. The van der Waals surface area contributed by atoms with Gasteiger partial charge in [0, 0.05) is 37.8 Å². The first-order valence-electron chi connectivity index (χ1n) is 9.05. The summed E-state index contributed by atoms with van der Waals surface area (Å²) in [5.41, 5.74) is 2.24. The lowest BCUT2D eigenvalue weighted by atomic mass is 10.1. The number of nitrogens with one attached hydrogen (secondary N) is 2. The highest BCUT2D eigenvalue weighted by Gasteiger charge is 2.35. The van der Waals surface area contributed by atoms with Crippen LogP contribution in [0.25, 0.3) is 0 Å². The zero-order valence-corrected chi connectivity index (χ0v) is 15.9. The molecule has 28 heavy (non-hydrogen) atoms. The second kappa shape index (κ2) is 8.56. The van der Waals surface area contributed by atoms with Gasteiger partial charge in [0.25, 0.3) is 0 Å². The largest absolute Gasteiger partial charge is 0.497 e. The van der Waals surface area contributed by atoms with E-state index in [0.717, 1.165) is 11.3 Å². The van der Waals surface area contributed by atoms with E-state index in [-0.39, 0.29) is 24.1 Å². The molecule has 0 radical (unpaired) electrons. The fourth-order valence-electron chi connectivity index (χ4n) is 3.16. The van der Waals surface area contributed by atoms with Crippen molar-refractivity contribution in [2.75, 3.05) is 23.9 Å². The molecule has 1 fully saturated rings. The molecule has 0 unspecified atom stereocenters. The molecule has 1 aliphatic heterocycles. The molecular formula is C21H23N3O4. The van der Waals surface area contributed by atoms with Crippen LogP contribution in [0, 0.1) is 5.92 Å². The van der Waals surface area contributed by atoms with Gasteiger partial charge in [-0.25, -0.2) is 0 Å². The van der Waals surface area contributed by atoms with Crippen molar-refractivity contribution in [1.29, 1.82) is 0 Å². The third kappa shape index (κ3) is 4.68. The number of rotatable bonds is 6. The lowest BCUT2D eigenvalue weighted by Gasteiger charge is -2.18. The number of hydrogen-bond donors (Lipinski definition) is 2. The lowest BCUT2D eigenvalue weighted by molar-refractivity contribution is -0.126. The fourth-order valence-corrected chi connectivity index (χ4v) is 3.16. The van der Waals surface area contributed by atoms with E-state index in [4.69, 9.17) is 4.74 Å². The average molecular weight is 381 g/mol. The standard InChI is InChI=1S/C21H23N3O4/c1-14(25)23-17-4-3-5-18(11-17)24-13-16(10-20(24)26)21(27)22-12-15-6-8-19(28-2)9-7-15/h3-9,11,16H,10,12-13H2,1-2H3,(H,22,27)(H,23,25)/t16-/m0/s1. The van der Waals surface area contributed by atoms with E-state index < -0.39 is 5.92 Å². The molecule has 1 saturated heterocycles. The number of ether oxygens (including phenoxy) is 1. The van der Waals surface area contributed by atoms with Gasteiger partial charge in [0.15, 0.2) is 0 Å². The Morgan fingerprint density at radius 2 is 1.93 bits per heavy atom. The van der Waals surface area contributed by atoms with Gasteiger partial charge in [0.2, 0.25) is 17.7 Å². The third-order valence-electron chi connectivity index (χ3n) is 4.60. The number of benzene rings is 2.